The maximum atomic E-state index is 12.3. The highest BCUT2D eigenvalue weighted by atomic mass is 32.2. The summed E-state index contributed by atoms with van der Waals surface area (Å²) in [5.74, 6) is 0.416. The number of piperidine rings is 1. The molecule has 7 nitrogen and oxygen atoms in total. The molecule has 2 aliphatic heterocycles. The van der Waals surface area contributed by atoms with Crippen molar-refractivity contribution < 1.29 is 13.2 Å². The number of carbonyl (C=O) groups is 1. The summed E-state index contributed by atoms with van der Waals surface area (Å²) < 4.78 is 23.1. The molecule has 1 aromatic heterocycles. The summed E-state index contributed by atoms with van der Waals surface area (Å²) in [7, 11) is -2.83. The van der Waals surface area contributed by atoms with Crippen molar-refractivity contribution in [2.24, 2.45) is 0 Å². The zero-order valence-corrected chi connectivity index (χ0v) is 14.8. The number of aromatic nitrogens is 1. The fraction of sp³-hybridized carbons (Fsp3) is 0.588. The Labute approximate surface area is 148 Å². The average Bonchev–Trinajstić information content (AvgIpc) is 2.62. The van der Waals surface area contributed by atoms with E-state index in [1.165, 1.54) is 12.3 Å². The first kappa shape index (κ1) is 17.8. The fourth-order valence-corrected chi connectivity index (χ4v) is 4.98. The van der Waals surface area contributed by atoms with Crippen LogP contribution in [0, 0.1) is 11.3 Å². The molecule has 134 valence electrons. The normalized spacial score (nSPS) is 22.2. The van der Waals surface area contributed by atoms with Crippen LogP contribution in [0.2, 0.25) is 0 Å². The molecule has 0 unspecified atom stereocenters. The van der Waals surface area contributed by atoms with E-state index in [0.29, 0.717) is 28.8 Å². The molecule has 0 saturated carbocycles. The number of amides is 1. The standard InChI is InChI=1S/C17H22N4O3S/c18-11-15-2-1-13(12-19-15)17(22)20-14-3-7-21(8-4-14)16-5-9-25(23,24)10-6-16/h1-2,12,14,16H,3-10H2,(H,20,22). The Morgan fingerprint density at radius 1 is 1.20 bits per heavy atom. The highest BCUT2D eigenvalue weighted by molar-refractivity contribution is 7.91. The summed E-state index contributed by atoms with van der Waals surface area (Å²) in [6.45, 7) is 1.75. The lowest BCUT2D eigenvalue weighted by Crippen LogP contribution is -2.49. The molecule has 3 rings (SSSR count). The van der Waals surface area contributed by atoms with Crippen molar-refractivity contribution in [1.29, 1.82) is 5.26 Å². The van der Waals surface area contributed by atoms with E-state index in [9.17, 15) is 13.2 Å². The number of nitrogens with one attached hydrogen (secondary N) is 1. The molecule has 2 fully saturated rings. The Morgan fingerprint density at radius 2 is 1.88 bits per heavy atom. The van der Waals surface area contributed by atoms with E-state index >= 15 is 0 Å². The van der Waals surface area contributed by atoms with Gasteiger partial charge in [-0.05, 0) is 37.8 Å². The third kappa shape index (κ3) is 4.55. The molecule has 0 spiro atoms. The van der Waals surface area contributed by atoms with Crippen LogP contribution in [0.25, 0.3) is 0 Å². The molecule has 0 aliphatic carbocycles. The summed E-state index contributed by atoms with van der Waals surface area (Å²) in [5.41, 5.74) is 0.748. The molecule has 3 heterocycles. The van der Waals surface area contributed by atoms with Gasteiger partial charge in [0.1, 0.15) is 21.6 Å². The Hall–Kier alpha value is -1.98. The largest absolute Gasteiger partial charge is 0.349 e. The van der Waals surface area contributed by atoms with Crippen molar-refractivity contribution >= 4 is 15.7 Å². The SMILES string of the molecule is N#Cc1ccc(C(=O)NC2CCN(C3CCS(=O)(=O)CC3)CC2)cn1. The second kappa shape index (κ2) is 7.50. The van der Waals surface area contributed by atoms with Gasteiger partial charge in [-0.15, -0.1) is 0 Å². The van der Waals surface area contributed by atoms with E-state index in [1.54, 1.807) is 6.07 Å². The molecule has 2 saturated heterocycles. The van der Waals surface area contributed by atoms with Gasteiger partial charge >= 0.3 is 0 Å². The van der Waals surface area contributed by atoms with Crippen LogP contribution >= 0.6 is 0 Å². The van der Waals surface area contributed by atoms with Crippen LogP contribution in [-0.4, -0.2) is 60.9 Å². The summed E-state index contributed by atoms with van der Waals surface area (Å²) in [5, 5.41) is 11.8. The van der Waals surface area contributed by atoms with E-state index < -0.39 is 9.84 Å². The molecular weight excluding hydrogens is 340 g/mol. The second-order valence-electron chi connectivity index (χ2n) is 6.71. The lowest BCUT2D eigenvalue weighted by Gasteiger charge is -2.39. The van der Waals surface area contributed by atoms with Crippen LogP contribution in [0.5, 0.6) is 0 Å². The van der Waals surface area contributed by atoms with Crippen LogP contribution in [-0.2, 0) is 9.84 Å². The number of nitrogens with zero attached hydrogens (tertiary/aromatic N) is 3. The minimum atomic E-state index is -2.83. The Kier molecular flexibility index (Phi) is 5.35. The van der Waals surface area contributed by atoms with Crippen LogP contribution in [0.3, 0.4) is 0 Å². The highest BCUT2D eigenvalue weighted by Crippen LogP contribution is 2.22. The minimum absolute atomic E-state index is 0.117. The molecule has 1 N–H and O–H groups in total. The second-order valence-corrected chi connectivity index (χ2v) is 9.01. The van der Waals surface area contributed by atoms with Crippen LogP contribution in [0.15, 0.2) is 18.3 Å². The van der Waals surface area contributed by atoms with Gasteiger partial charge in [-0.1, -0.05) is 0 Å². The third-order valence-electron chi connectivity index (χ3n) is 5.05. The van der Waals surface area contributed by atoms with E-state index in [-0.39, 0.29) is 11.9 Å². The Bertz CT molecular complexity index is 748. The maximum Gasteiger partial charge on any atom is 0.253 e. The van der Waals surface area contributed by atoms with Crippen LogP contribution < -0.4 is 5.32 Å². The molecule has 0 atom stereocenters. The fourth-order valence-electron chi connectivity index (χ4n) is 3.51. The van der Waals surface area contributed by atoms with Gasteiger partial charge in [-0.3, -0.25) is 4.79 Å². The summed E-state index contributed by atoms with van der Waals surface area (Å²) in [6, 6.07) is 5.54. The van der Waals surface area contributed by atoms with Crippen molar-refractivity contribution in [1.82, 2.24) is 15.2 Å². The number of hydrogen-bond donors (Lipinski definition) is 1. The van der Waals surface area contributed by atoms with Gasteiger partial charge in [-0.25, -0.2) is 13.4 Å². The van der Waals surface area contributed by atoms with E-state index in [4.69, 9.17) is 5.26 Å². The topological polar surface area (TPSA) is 103 Å². The van der Waals surface area contributed by atoms with Crippen molar-refractivity contribution in [2.45, 2.75) is 37.8 Å². The maximum absolute atomic E-state index is 12.3. The lowest BCUT2D eigenvalue weighted by atomic mass is 10.0. The van der Waals surface area contributed by atoms with Crippen molar-refractivity contribution in [2.75, 3.05) is 24.6 Å². The monoisotopic (exact) mass is 362 g/mol. The van der Waals surface area contributed by atoms with Gasteiger partial charge in [-0.2, -0.15) is 5.26 Å². The van der Waals surface area contributed by atoms with Crippen LogP contribution in [0.4, 0.5) is 0 Å². The molecule has 25 heavy (non-hydrogen) atoms. The van der Waals surface area contributed by atoms with Gasteiger partial charge in [0.25, 0.3) is 5.91 Å². The van der Waals surface area contributed by atoms with E-state index in [2.05, 4.69) is 15.2 Å². The van der Waals surface area contributed by atoms with Crippen LogP contribution in [0.1, 0.15) is 41.7 Å². The first-order valence-electron chi connectivity index (χ1n) is 8.58. The van der Waals surface area contributed by atoms with Crippen molar-refractivity contribution in [3.05, 3.63) is 29.6 Å². The predicted octanol–water partition coefficient (Wildman–Crippen LogP) is 0.725. The van der Waals surface area contributed by atoms with E-state index in [1.807, 2.05) is 6.07 Å². The zero-order chi connectivity index (χ0) is 17.9. The molecule has 0 radical (unpaired) electrons. The zero-order valence-electron chi connectivity index (χ0n) is 14.0. The predicted molar refractivity (Wildman–Crippen MR) is 92.7 cm³/mol. The number of sulfone groups is 1. The molecule has 2 aliphatic rings. The first-order valence-corrected chi connectivity index (χ1v) is 10.4. The third-order valence-corrected chi connectivity index (χ3v) is 6.76. The summed E-state index contributed by atoms with van der Waals surface area (Å²) in [6.07, 6.45) is 4.58. The molecule has 0 bridgehead atoms. The minimum Gasteiger partial charge on any atom is -0.349 e. The van der Waals surface area contributed by atoms with Gasteiger partial charge in [0.2, 0.25) is 0 Å². The number of nitriles is 1. The Balaban J connectivity index is 1.47. The summed E-state index contributed by atoms with van der Waals surface area (Å²) in [4.78, 5) is 18.5. The summed E-state index contributed by atoms with van der Waals surface area (Å²) >= 11 is 0. The number of pyridine rings is 1. The van der Waals surface area contributed by atoms with Gasteiger partial charge in [0.15, 0.2) is 0 Å². The first-order chi connectivity index (χ1) is 12.0. The van der Waals surface area contributed by atoms with Crippen molar-refractivity contribution in [3.63, 3.8) is 0 Å². The number of hydrogen-bond acceptors (Lipinski definition) is 6. The van der Waals surface area contributed by atoms with Gasteiger partial charge in [0, 0.05) is 31.4 Å². The molecule has 1 aromatic rings. The lowest BCUT2D eigenvalue weighted by molar-refractivity contribution is 0.0885. The Morgan fingerprint density at radius 3 is 2.44 bits per heavy atom. The smallest absolute Gasteiger partial charge is 0.253 e. The molecular formula is C17H22N4O3S. The average molecular weight is 362 g/mol. The van der Waals surface area contributed by atoms with Gasteiger partial charge < -0.3 is 10.2 Å². The molecule has 0 aromatic carbocycles. The van der Waals surface area contributed by atoms with E-state index in [0.717, 1.165) is 38.8 Å². The van der Waals surface area contributed by atoms with Gasteiger partial charge in [0.05, 0.1) is 17.1 Å². The highest BCUT2D eigenvalue weighted by Gasteiger charge is 2.30. The molecule has 8 heteroatoms. The number of likely N-dealkylation sites (tertiary alicyclic amines) is 1. The number of rotatable bonds is 3. The number of carbonyl (C=O) groups excluding carboxylic acids is 1. The van der Waals surface area contributed by atoms with Crippen molar-refractivity contribution in [3.8, 4) is 6.07 Å². The quantitative estimate of drug-likeness (QED) is 0.850. The molecule has 1 amide bonds.